The first-order valence-electron chi connectivity index (χ1n) is 8.58. The van der Waals surface area contributed by atoms with Crippen LogP contribution in [0.3, 0.4) is 0 Å². The van der Waals surface area contributed by atoms with Gasteiger partial charge in [0.15, 0.2) is 9.84 Å². The highest BCUT2D eigenvalue weighted by Gasteiger charge is 2.31. The number of amides is 2. The molecule has 1 aliphatic heterocycles. The minimum absolute atomic E-state index is 0.0638. The van der Waals surface area contributed by atoms with E-state index in [0.717, 1.165) is 6.26 Å². The van der Waals surface area contributed by atoms with Crippen molar-refractivity contribution in [1.82, 2.24) is 9.80 Å². The maximum absolute atomic E-state index is 12.8. The van der Waals surface area contributed by atoms with E-state index in [0.29, 0.717) is 25.9 Å². The van der Waals surface area contributed by atoms with Gasteiger partial charge in [-0.15, -0.1) is 0 Å². The van der Waals surface area contributed by atoms with Crippen molar-refractivity contribution in [2.24, 2.45) is 5.92 Å². The van der Waals surface area contributed by atoms with Crippen LogP contribution in [0.15, 0.2) is 23.1 Å². The Hall–Kier alpha value is -1.60. The number of carbonyl (C=O) groups excluding carboxylic acids is 2. The molecule has 0 radical (unpaired) electrons. The van der Waals surface area contributed by atoms with Crippen molar-refractivity contribution in [3.63, 3.8) is 0 Å². The summed E-state index contributed by atoms with van der Waals surface area (Å²) in [6, 6.07) is 4.28. The topological polar surface area (TPSA) is 74.8 Å². The van der Waals surface area contributed by atoms with Crippen LogP contribution >= 0.6 is 11.6 Å². The summed E-state index contributed by atoms with van der Waals surface area (Å²) in [5.41, 5.74) is 0.179. The molecule has 0 atom stereocenters. The number of carbonyl (C=O) groups is 2. The molecule has 1 fully saturated rings. The van der Waals surface area contributed by atoms with Crippen molar-refractivity contribution in [3.8, 4) is 0 Å². The summed E-state index contributed by atoms with van der Waals surface area (Å²) in [7, 11) is -1.63. The fraction of sp³-hybridized carbons (Fsp3) is 0.556. The van der Waals surface area contributed by atoms with Gasteiger partial charge < -0.3 is 9.80 Å². The number of likely N-dealkylation sites (tertiary alicyclic amines) is 1. The number of sulfone groups is 1. The molecule has 0 unspecified atom stereocenters. The number of benzene rings is 1. The second-order valence-corrected chi connectivity index (χ2v) is 9.45. The molecule has 26 heavy (non-hydrogen) atoms. The number of rotatable bonds is 4. The molecule has 1 heterocycles. The molecule has 144 valence electrons. The minimum atomic E-state index is -3.42. The van der Waals surface area contributed by atoms with Crippen LogP contribution in [0.2, 0.25) is 5.02 Å². The highest BCUT2D eigenvalue weighted by molar-refractivity contribution is 7.90. The Balaban J connectivity index is 2.11. The van der Waals surface area contributed by atoms with Crippen LogP contribution in [0, 0.1) is 5.92 Å². The molecule has 2 amide bonds. The summed E-state index contributed by atoms with van der Waals surface area (Å²) >= 11 is 6.11. The second kappa shape index (κ2) is 7.96. The smallest absolute Gasteiger partial charge is 0.255 e. The van der Waals surface area contributed by atoms with E-state index in [-0.39, 0.29) is 39.3 Å². The molecule has 0 spiro atoms. The molecule has 0 saturated carbocycles. The standard InChI is InChI=1S/C18H25ClN2O4S/c1-12(2)20(3)17(22)13-7-9-21(10-8-13)18(23)15-11-14(26(4,24)25)5-6-16(15)19/h5-6,11-13H,7-10H2,1-4H3. The number of hydrogen-bond acceptors (Lipinski definition) is 4. The summed E-state index contributed by atoms with van der Waals surface area (Å²) in [4.78, 5) is 28.6. The fourth-order valence-electron chi connectivity index (χ4n) is 2.94. The van der Waals surface area contributed by atoms with Gasteiger partial charge >= 0.3 is 0 Å². The van der Waals surface area contributed by atoms with Gasteiger partial charge in [-0.1, -0.05) is 11.6 Å². The first kappa shape index (κ1) is 20.7. The minimum Gasteiger partial charge on any atom is -0.343 e. The number of hydrogen-bond donors (Lipinski definition) is 0. The van der Waals surface area contributed by atoms with Gasteiger partial charge in [0, 0.05) is 38.4 Å². The fourth-order valence-corrected chi connectivity index (χ4v) is 3.79. The SMILES string of the molecule is CC(C)N(C)C(=O)C1CCN(C(=O)c2cc(S(C)(=O)=O)ccc2Cl)CC1. The van der Waals surface area contributed by atoms with Gasteiger partial charge in [0.25, 0.3) is 5.91 Å². The molecule has 1 aliphatic rings. The lowest BCUT2D eigenvalue weighted by molar-refractivity contribution is -0.137. The number of halogens is 1. The van der Waals surface area contributed by atoms with Crippen molar-refractivity contribution < 1.29 is 18.0 Å². The lowest BCUT2D eigenvalue weighted by Crippen LogP contribution is -2.45. The second-order valence-electron chi connectivity index (χ2n) is 7.02. The molecular weight excluding hydrogens is 376 g/mol. The van der Waals surface area contributed by atoms with E-state index in [4.69, 9.17) is 11.6 Å². The Labute approximate surface area is 160 Å². The molecule has 0 bridgehead atoms. The monoisotopic (exact) mass is 400 g/mol. The summed E-state index contributed by atoms with van der Waals surface area (Å²) in [5.74, 6) is -0.294. The van der Waals surface area contributed by atoms with E-state index in [1.807, 2.05) is 13.8 Å². The third kappa shape index (κ3) is 4.57. The molecule has 1 saturated heterocycles. The summed E-state index contributed by atoms with van der Waals surface area (Å²) in [6.45, 7) is 4.82. The average molecular weight is 401 g/mol. The van der Waals surface area contributed by atoms with E-state index in [1.165, 1.54) is 18.2 Å². The first-order valence-corrected chi connectivity index (χ1v) is 10.8. The van der Waals surface area contributed by atoms with E-state index in [9.17, 15) is 18.0 Å². The normalized spacial score (nSPS) is 16.0. The van der Waals surface area contributed by atoms with Crippen molar-refractivity contribution in [1.29, 1.82) is 0 Å². The Bertz CT molecular complexity index is 799. The molecule has 0 aliphatic carbocycles. The van der Waals surface area contributed by atoms with Crippen molar-refractivity contribution in [2.45, 2.75) is 37.6 Å². The van der Waals surface area contributed by atoms with Crippen LogP contribution in [-0.2, 0) is 14.6 Å². The van der Waals surface area contributed by atoms with Gasteiger partial charge in [0.2, 0.25) is 5.91 Å². The zero-order chi connectivity index (χ0) is 19.6. The van der Waals surface area contributed by atoms with E-state index >= 15 is 0 Å². The maximum atomic E-state index is 12.8. The van der Waals surface area contributed by atoms with Crippen molar-refractivity contribution >= 4 is 33.3 Å². The van der Waals surface area contributed by atoms with E-state index in [1.54, 1.807) is 16.8 Å². The zero-order valence-electron chi connectivity index (χ0n) is 15.5. The molecule has 2 rings (SSSR count). The summed E-state index contributed by atoms with van der Waals surface area (Å²) in [6.07, 6.45) is 2.27. The van der Waals surface area contributed by atoms with Crippen LogP contribution in [0.5, 0.6) is 0 Å². The van der Waals surface area contributed by atoms with Crippen LogP contribution < -0.4 is 0 Å². The lowest BCUT2D eigenvalue weighted by atomic mass is 9.94. The van der Waals surface area contributed by atoms with Gasteiger partial charge in [0.1, 0.15) is 0 Å². The Morgan fingerprint density at radius 3 is 2.31 bits per heavy atom. The van der Waals surface area contributed by atoms with Crippen LogP contribution in [0.4, 0.5) is 0 Å². The Morgan fingerprint density at radius 1 is 1.23 bits per heavy atom. The molecule has 0 N–H and O–H groups in total. The highest BCUT2D eigenvalue weighted by Crippen LogP contribution is 2.26. The maximum Gasteiger partial charge on any atom is 0.255 e. The summed E-state index contributed by atoms with van der Waals surface area (Å²) < 4.78 is 23.4. The molecule has 8 heteroatoms. The van der Waals surface area contributed by atoms with Crippen LogP contribution in [0.25, 0.3) is 0 Å². The first-order chi connectivity index (χ1) is 12.0. The lowest BCUT2D eigenvalue weighted by Gasteiger charge is -2.34. The molecule has 0 aromatic heterocycles. The average Bonchev–Trinajstić information content (AvgIpc) is 2.59. The van der Waals surface area contributed by atoms with Gasteiger partial charge in [-0.3, -0.25) is 9.59 Å². The van der Waals surface area contributed by atoms with Crippen LogP contribution in [0.1, 0.15) is 37.0 Å². The van der Waals surface area contributed by atoms with Gasteiger partial charge in [-0.05, 0) is 44.9 Å². The molecule has 6 nitrogen and oxygen atoms in total. The number of nitrogens with zero attached hydrogens (tertiary/aromatic N) is 2. The predicted octanol–water partition coefficient (Wildman–Crippen LogP) is 2.46. The van der Waals surface area contributed by atoms with Gasteiger partial charge in [0.05, 0.1) is 15.5 Å². The van der Waals surface area contributed by atoms with Gasteiger partial charge in [-0.2, -0.15) is 0 Å². The highest BCUT2D eigenvalue weighted by atomic mass is 35.5. The Kier molecular flexibility index (Phi) is 6.34. The van der Waals surface area contributed by atoms with E-state index < -0.39 is 9.84 Å². The third-order valence-electron chi connectivity index (χ3n) is 4.85. The van der Waals surface area contributed by atoms with E-state index in [2.05, 4.69) is 0 Å². The van der Waals surface area contributed by atoms with Gasteiger partial charge in [-0.25, -0.2) is 8.42 Å². The zero-order valence-corrected chi connectivity index (χ0v) is 17.1. The third-order valence-corrected chi connectivity index (χ3v) is 6.29. The van der Waals surface area contributed by atoms with Crippen LogP contribution in [-0.4, -0.2) is 62.5 Å². The molecular formula is C18H25ClN2O4S. The van der Waals surface area contributed by atoms with Crippen molar-refractivity contribution in [2.75, 3.05) is 26.4 Å². The summed E-state index contributed by atoms with van der Waals surface area (Å²) in [5, 5.41) is 0.222. The molecule has 1 aromatic carbocycles. The quantitative estimate of drug-likeness (QED) is 0.778. The Morgan fingerprint density at radius 2 is 1.81 bits per heavy atom. The predicted molar refractivity (Wildman–Crippen MR) is 101 cm³/mol. The molecule has 1 aromatic rings. The van der Waals surface area contributed by atoms with Crippen molar-refractivity contribution in [3.05, 3.63) is 28.8 Å². The number of piperidine rings is 1. The largest absolute Gasteiger partial charge is 0.343 e.